The third-order valence-electron chi connectivity index (χ3n) is 2.68. The maximum Gasteiger partial charge on any atom is 0.126 e. The fourth-order valence-corrected chi connectivity index (χ4v) is 1.95. The van der Waals surface area contributed by atoms with E-state index in [1.54, 1.807) is 7.11 Å². The summed E-state index contributed by atoms with van der Waals surface area (Å²) in [7, 11) is 1.69. The van der Waals surface area contributed by atoms with E-state index in [2.05, 4.69) is 12.1 Å². The lowest BCUT2D eigenvalue weighted by molar-refractivity contribution is 0.131. The van der Waals surface area contributed by atoms with Crippen molar-refractivity contribution >= 4 is 0 Å². The largest absolute Gasteiger partial charge is 0.496 e. The van der Waals surface area contributed by atoms with E-state index >= 15 is 0 Å². The summed E-state index contributed by atoms with van der Waals surface area (Å²) >= 11 is 0. The second-order valence-corrected chi connectivity index (χ2v) is 5.44. The van der Waals surface area contributed by atoms with E-state index in [1.165, 1.54) is 0 Å². The first-order valence-corrected chi connectivity index (χ1v) is 6.42. The third kappa shape index (κ3) is 3.50. The average molecular weight is 256 g/mol. The monoisotopic (exact) mass is 256 g/mol. The van der Waals surface area contributed by atoms with Crippen LogP contribution in [0.4, 0.5) is 0 Å². The van der Waals surface area contributed by atoms with Gasteiger partial charge in [0, 0.05) is 5.56 Å². The quantitative estimate of drug-likeness (QED) is 0.802. The Balaban J connectivity index is 2.43. The molecule has 100 valence electrons. The summed E-state index contributed by atoms with van der Waals surface area (Å²) < 4.78 is 11.3. The zero-order valence-electron chi connectivity index (χ0n) is 11.9. The van der Waals surface area contributed by atoms with Crippen LogP contribution in [0.5, 0.6) is 11.5 Å². The minimum absolute atomic E-state index is 0.206. The fraction of sp³-hybridized carbons (Fsp3) is 0.294. The highest BCUT2D eigenvalue weighted by Crippen LogP contribution is 2.34. The number of hydrogen-bond donors (Lipinski definition) is 0. The van der Waals surface area contributed by atoms with Crippen LogP contribution >= 0.6 is 0 Å². The van der Waals surface area contributed by atoms with E-state index in [4.69, 9.17) is 9.47 Å². The van der Waals surface area contributed by atoms with Crippen LogP contribution in [0.15, 0.2) is 48.5 Å². The molecule has 2 rings (SSSR count). The van der Waals surface area contributed by atoms with Gasteiger partial charge in [0.15, 0.2) is 0 Å². The van der Waals surface area contributed by atoms with Crippen molar-refractivity contribution in [1.82, 2.24) is 0 Å². The lowest BCUT2D eigenvalue weighted by Crippen LogP contribution is -2.22. The van der Waals surface area contributed by atoms with Crippen LogP contribution in [0.1, 0.15) is 20.8 Å². The van der Waals surface area contributed by atoms with E-state index in [0.29, 0.717) is 0 Å². The highest BCUT2D eigenvalue weighted by molar-refractivity contribution is 5.72. The van der Waals surface area contributed by atoms with E-state index < -0.39 is 0 Å². The molecule has 0 radical (unpaired) electrons. The molecule has 0 atom stereocenters. The van der Waals surface area contributed by atoms with Crippen molar-refractivity contribution in [2.24, 2.45) is 0 Å². The summed E-state index contributed by atoms with van der Waals surface area (Å²) in [5.41, 5.74) is 1.96. The first-order chi connectivity index (χ1) is 8.99. The summed E-state index contributed by atoms with van der Waals surface area (Å²) in [6, 6.07) is 16.1. The Morgan fingerprint density at radius 2 is 1.58 bits per heavy atom. The van der Waals surface area contributed by atoms with Gasteiger partial charge in [-0.15, -0.1) is 0 Å². The van der Waals surface area contributed by atoms with Crippen molar-refractivity contribution in [2.75, 3.05) is 7.11 Å². The molecule has 0 bridgehead atoms. The highest BCUT2D eigenvalue weighted by Gasteiger charge is 2.14. The molecule has 0 spiro atoms. The predicted molar refractivity (Wildman–Crippen MR) is 78.8 cm³/mol. The summed E-state index contributed by atoms with van der Waals surface area (Å²) in [6.07, 6.45) is 0. The maximum atomic E-state index is 5.91. The van der Waals surface area contributed by atoms with E-state index in [9.17, 15) is 0 Å². The summed E-state index contributed by atoms with van der Waals surface area (Å²) in [4.78, 5) is 0. The molecule has 2 aromatic carbocycles. The van der Waals surface area contributed by atoms with E-state index in [-0.39, 0.29) is 5.60 Å². The van der Waals surface area contributed by atoms with Crippen LogP contribution in [0.25, 0.3) is 11.1 Å². The minimum Gasteiger partial charge on any atom is -0.496 e. The predicted octanol–water partition coefficient (Wildman–Crippen LogP) is 4.54. The Morgan fingerprint density at radius 1 is 0.895 bits per heavy atom. The smallest absolute Gasteiger partial charge is 0.126 e. The van der Waals surface area contributed by atoms with Gasteiger partial charge in [0.2, 0.25) is 0 Å². The number of rotatable bonds is 3. The van der Waals surface area contributed by atoms with Gasteiger partial charge in [0.05, 0.1) is 7.11 Å². The third-order valence-corrected chi connectivity index (χ3v) is 2.68. The molecule has 0 fully saturated rings. The van der Waals surface area contributed by atoms with Crippen LogP contribution in [-0.4, -0.2) is 12.7 Å². The summed E-state index contributed by atoms with van der Waals surface area (Å²) in [5.74, 6) is 1.71. The van der Waals surface area contributed by atoms with Crippen LogP contribution in [0.3, 0.4) is 0 Å². The van der Waals surface area contributed by atoms with Crippen molar-refractivity contribution in [3.05, 3.63) is 48.5 Å². The van der Waals surface area contributed by atoms with Crippen LogP contribution < -0.4 is 9.47 Å². The zero-order chi connectivity index (χ0) is 13.9. The van der Waals surface area contributed by atoms with Gasteiger partial charge in [-0.05, 0) is 44.5 Å². The molecule has 0 saturated heterocycles. The first kappa shape index (κ1) is 13.5. The molecular weight excluding hydrogens is 236 g/mol. The standard InChI is InChI=1S/C17H20O2/c1-17(2,3)19-14-10-11-16(18-4)15(12-14)13-8-6-5-7-9-13/h5-12H,1-4H3. The Kier molecular flexibility index (Phi) is 3.79. The molecular formula is C17H20O2. The molecule has 0 heterocycles. The average Bonchev–Trinajstić information content (AvgIpc) is 2.38. The molecule has 0 aliphatic carbocycles. The molecule has 2 nitrogen and oxygen atoms in total. The molecule has 0 amide bonds. The lowest BCUT2D eigenvalue weighted by Gasteiger charge is -2.22. The Bertz CT molecular complexity index is 539. The first-order valence-electron chi connectivity index (χ1n) is 6.42. The summed E-state index contributed by atoms with van der Waals surface area (Å²) in [5, 5.41) is 0. The van der Waals surface area contributed by atoms with E-state index in [0.717, 1.165) is 22.6 Å². The molecule has 0 saturated carbocycles. The molecule has 0 aromatic heterocycles. The van der Waals surface area contributed by atoms with Gasteiger partial charge < -0.3 is 9.47 Å². The molecule has 19 heavy (non-hydrogen) atoms. The van der Waals surface area contributed by atoms with Crippen molar-refractivity contribution < 1.29 is 9.47 Å². The van der Waals surface area contributed by atoms with Gasteiger partial charge in [-0.3, -0.25) is 0 Å². The van der Waals surface area contributed by atoms with Crippen molar-refractivity contribution in [1.29, 1.82) is 0 Å². The van der Waals surface area contributed by atoms with Crippen LogP contribution in [0, 0.1) is 0 Å². The van der Waals surface area contributed by atoms with Crippen molar-refractivity contribution in [3.63, 3.8) is 0 Å². The lowest BCUT2D eigenvalue weighted by atomic mass is 10.0. The van der Waals surface area contributed by atoms with Gasteiger partial charge in [-0.2, -0.15) is 0 Å². The molecule has 0 unspecified atom stereocenters. The second kappa shape index (κ2) is 5.35. The number of benzene rings is 2. The second-order valence-electron chi connectivity index (χ2n) is 5.44. The van der Waals surface area contributed by atoms with Gasteiger partial charge >= 0.3 is 0 Å². The number of hydrogen-bond acceptors (Lipinski definition) is 2. The molecule has 0 N–H and O–H groups in total. The molecule has 2 heteroatoms. The number of methoxy groups -OCH3 is 1. The number of ether oxygens (including phenoxy) is 2. The minimum atomic E-state index is -0.206. The van der Waals surface area contributed by atoms with Gasteiger partial charge in [-0.1, -0.05) is 30.3 Å². The van der Waals surface area contributed by atoms with E-state index in [1.807, 2.05) is 57.2 Å². The SMILES string of the molecule is COc1ccc(OC(C)(C)C)cc1-c1ccccc1. The molecule has 0 aliphatic rings. The molecule has 2 aromatic rings. The maximum absolute atomic E-state index is 5.91. The Labute approximate surface area is 115 Å². The fourth-order valence-electron chi connectivity index (χ4n) is 1.95. The van der Waals surface area contributed by atoms with Gasteiger partial charge in [0.25, 0.3) is 0 Å². The normalized spacial score (nSPS) is 11.2. The molecule has 0 aliphatic heterocycles. The summed E-state index contributed by atoms with van der Waals surface area (Å²) in [6.45, 7) is 6.12. The van der Waals surface area contributed by atoms with Crippen LogP contribution in [-0.2, 0) is 0 Å². The highest BCUT2D eigenvalue weighted by atomic mass is 16.5. The van der Waals surface area contributed by atoms with Crippen molar-refractivity contribution in [3.8, 4) is 22.6 Å². The van der Waals surface area contributed by atoms with Crippen LogP contribution in [0.2, 0.25) is 0 Å². The Morgan fingerprint density at radius 3 is 2.16 bits per heavy atom. The Hall–Kier alpha value is -1.96. The topological polar surface area (TPSA) is 18.5 Å². The zero-order valence-corrected chi connectivity index (χ0v) is 11.9. The van der Waals surface area contributed by atoms with Gasteiger partial charge in [0.1, 0.15) is 17.1 Å². The van der Waals surface area contributed by atoms with Gasteiger partial charge in [-0.25, -0.2) is 0 Å². The van der Waals surface area contributed by atoms with Crippen molar-refractivity contribution in [2.45, 2.75) is 26.4 Å².